The molecule has 0 radical (unpaired) electrons. The average molecular weight is 585 g/mol. The third-order valence-electron chi connectivity index (χ3n) is 10.1. The number of hydrogen-bond donors (Lipinski definition) is 4. The van der Waals surface area contributed by atoms with Gasteiger partial charge in [0, 0.05) is 68.2 Å². The molecule has 0 saturated carbocycles. The monoisotopic (exact) mass is 584 g/mol. The molecule has 3 aliphatic rings. The Morgan fingerprint density at radius 3 is 2.53 bits per heavy atom. The van der Waals surface area contributed by atoms with E-state index in [-0.39, 0.29) is 41.1 Å². The first kappa shape index (κ1) is 29.2. The number of piperidine rings is 2. The van der Waals surface area contributed by atoms with Crippen molar-refractivity contribution < 1.29 is 14.4 Å². The highest BCUT2D eigenvalue weighted by molar-refractivity contribution is 5.90. The molecule has 2 fully saturated rings. The number of rotatable bonds is 6. The zero-order chi connectivity index (χ0) is 30.1. The van der Waals surface area contributed by atoms with Crippen molar-refractivity contribution in [1.29, 1.82) is 0 Å². The number of carbonyl (C=O) groups is 3. The van der Waals surface area contributed by atoms with Gasteiger partial charge in [-0.2, -0.15) is 0 Å². The van der Waals surface area contributed by atoms with E-state index in [0.29, 0.717) is 13.1 Å². The van der Waals surface area contributed by atoms with Crippen molar-refractivity contribution >= 4 is 28.7 Å². The molecule has 43 heavy (non-hydrogen) atoms. The molecule has 2 saturated heterocycles. The summed E-state index contributed by atoms with van der Waals surface area (Å²) >= 11 is 0. The van der Waals surface area contributed by atoms with E-state index in [2.05, 4.69) is 45.2 Å². The Morgan fingerprint density at radius 2 is 1.79 bits per heavy atom. The predicted octanol–water partition coefficient (Wildman–Crippen LogP) is 3.83. The number of fused-ring (bicyclic) bond motifs is 3. The molecule has 1 spiro atoms. The Hall–Kier alpha value is -3.85. The third kappa shape index (κ3) is 5.62. The summed E-state index contributed by atoms with van der Waals surface area (Å²) in [6.07, 6.45) is 6.25. The molecule has 3 aromatic rings. The van der Waals surface area contributed by atoms with Gasteiger partial charge in [0.1, 0.15) is 6.04 Å². The number of hydrogen-bond acceptors (Lipinski definition) is 4. The zero-order valence-electron chi connectivity index (χ0n) is 25.5. The van der Waals surface area contributed by atoms with Gasteiger partial charge >= 0.3 is 6.03 Å². The van der Waals surface area contributed by atoms with Crippen LogP contribution < -0.4 is 16.0 Å². The number of nitrogens with zero attached hydrogens (tertiary/aromatic N) is 2. The SMILES string of the molecule is C[C@@H](c1c[nH]c2ccccc12)[C@H](NC(=O)N[C@@H]1CCCNC1)C(=O)N1CCC2(CC1)C[C@@H](C(=O)N(C)C)c1ccccc12. The largest absolute Gasteiger partial charge is 0.361 e. The fourth-order valence-corrected chi connectivity index (χ4v) is 7.65. The molecule has 9 nitrogen and oxygen atoms in total. The van der Waals surface area contributed by atoms with E-state index in [4.69, 9.17) is 0 Å². The van der Waals surface area contributed by atoms with Crippen molar-refractivity contribution in [2.75, 3.05) is 40.3 Å². The number of benzene rings is 2. The van der Waals surface area contributed by atoms with Crippen LogP contribution in [0.2, 0.25) is 0 Å². The van der Waals surface area contributed by atoms with Crippen LogP contribution in [0, 0.1) is 0 Å². The molecular weight excluding hydrogens is 540 g/mol. The Balaban J connectivity index is 1.22. The Kier molecular flexibility index (Phi) is 8.18. The van der Waals surface area contributed by atoms with Gasteiger partial charge in [0.25, 0.3) is 0 Å². The van der Waals surface area contributed by atoms with Crippen LogP contribution in [0.1, 0.15) is 67.6 Å². The van der Waals surface area contributed by atoms with Crippen molar-refractivity contribution in [2.45, 2.75) is 68.4 Å². The number of para-hydroxylation sites is 1. The summed E-state index contributed by atoms with van der Waals surface area (Å²) in [5, 5.41) is 10.6. The molecule has 228 valence electrons. The van der Waals surface area contributed by atoms with E-state index in [1.54, 1.807) is 4.90 Å². The summed E-state index contributed by atoms with van der Waals surface area (Å²) in [6, 6.07) is 15.4. The minimum Gasteiger partial charge on any atom is -0.361 e. The van der Waals surface area contributed by atoms with Gasteiger partial charge in [0.05, 0.1) is 5.92 Å². The highest BCUT2D eigenvalue weighted by Gasteiger charge is 2.49. The quantitative estimate of drug-likeness (QED) is 0.353. The van der Waals surface area contributed by atoms with Gasteiger partial charge in [-0.05, 0) is 61.4 Å². The smallest absolute Gasteiger partial charge is 0.315 e. The van der Waals surface area contributed by atoms with Crippen LogP contribution in [-0.4, -0.2) is 85.0 Å². The second kappa shape index (κ2) is 12.0. The van der Waals surface area contributed by atoms with Crippen molar-refractivity contribution in [3.8, 4) is 0 Å². The highest BCUT2D eigenvalue weighted by Crippen LogP contribution is 2.52. The van der Waals surface area contributed by atoms with E-state index in [1.165, 1.54) is 5.56 Å². The number of likely N-dealkylation sites (tertiary alicyclic amines) is 1. The molecule has 2 aliphatic heterocycles. The number of carbonyl (C=O) groups excluding carboxylic acids is 3. The van der Waals surface area contributed by atoms with Crippen LogP contribution in [0.4, 0.5) is 4.79 Å². The topological polar surface area (TPSA) is 110 Å². The Labute approximate surface area is 253 Å². The molecule has 3 heterocycles. The number of H-pyrrole nitrogens is 1. The van der Waals surface area contributed by atoms with Gasteiger partial charge in [-0.15, -0.1) is 0 Å². The summed E-state index contributed by atoms with van der Waals surface area (Å²) in [5.41, 5.74) is 4.28. The molecule has 4 N–H and O–H groups in total. The second-order valence-corrected chi connectivity index (χ2v) is 12.9. The number of aromatic amines is 1. The Bertz CT molecular complexity index is 1480. The van der Waals surface area contributed by atoms with Crippen LogP contribution in [0.15, 0.2) is 54.7 Å². The van der Waals surface area contributed by atoms with Gasteiger partial charge in [-0.1, -0.05) is 49.4 Å². The zero-order valence-corrected chi connectivity index (χ0v) is 25.5. The van der Waals surface area contributed by atoms with Crippen molar-refractivity contribution in [2.24, 2.45) is 0 Å². The van der Waals surface area contributed by atoms with E-state index in [9.17, 15) is 14.4 Å². The summed E-state index contributed by atoms with van der Waals surface area (Å²) in [7, 11) is 3.64. The minimum atomic E-state index is -0.719. The summed E-state index contributed by atoms with van der Waals surface area (Å²) in [5.74, 6) is -0.317. The molecular formula is C34H44N6O3. The average Bonchev–Trinajstić information content (AvgIpc) is 3.60. The van der Waals surface area contributed by atoms with E-state index >= 15 is 0 Å². The molecule has 0 unspecified atom stereocenters. The van der Waals surface area contributed by atoms with Crippen molar-refractivity contribution in [3.63, 3.8) is 0 Å². The van der Waals surface area contributed by atoms with Gasteiger partial charge in [0.2, 0.25) is 11.8 Å². The number of aromatic nitrogens is 1. The molecule has 1 aliphatic carbocycles. The van der Waals surface area contributed by atoms with Crippen molar-refractivity contribution in [1.82, 2.24) is 30.7 Å². The minimum absolute atomic E-state index is 0.0444. The molecule has 4 atom stereocenters. The third-order valence-corrected chi connectivity index (χ3v) is 10.1. The van der Waals surface area contributed by atoms with Crippen molar-refractivity contribution in [3.05, 3.63) is 71.4 Å². The van der Waals surface area contributed by atoms with Gasteiger partial charge < -0.3 is 30.7 Å². The van der Waals surface area contributed by atoms with E-state index < -0.39 is 6.04 Å². The van der Waals surface area contributed by atoms with Crippen LogP contribution in [0.3, 0.4) is 0 Å². The highest BCUT2D eigenvalue weighted by atomic mass is 16.2. The molecule has 2 aromatic carbocycles. The van der Waals surface area contributed by atoms with E-state index in [0.717, 1.165) is 67.2 Å². The number of likely N-dealkylation sites (N-methyl/N-ethyl adjacent to an activating group) is 1. The lowest BCUT2D eigenvalue weighted by molar-refractivity contribution is -0.136. The fraction of sp³-hybridized carbons (Fsp3) is 0.500. The lowest BCUT2D eigenvalue weighted by atomic mass is 9.73. The standard InChI is InChI=1S/C34H44N6O3/c1-22(27-21-36-29-13-7-5-11-25(27)29)30(38-33(43)37-23-9-8-16-35-20-23)32(42)40-17-14-34(15-18-40)19-26(31(41)39(2)3)24-10-4-6-12-28(24)34/h4-7,10-13,21-23,26,30,35-36H,8-9,14-20H2,1-3H3,(H2,37,38,43)/t22-,23+,26+,30-/m0/s1. The first-order valence-corrected chi connectivity index (χ1v) is 15.7. The maximum Gasteiger partial charge on any atom is 0.315 e. The second-order valence-electron chi connectivity index (χ2n) is 12.9. The Morgan fingerprint density at radius 1 is 1.05 bits per heavy atom. The molecule has 4 amide bonds. The van der Waals surface area contributed by atoms with Crippen LogP contribution in [0.5, 0.6) is 0 Å². The van der Waals surface area contributed by atoms with Crippen LogP contribution in [0.25, 0.3) is 10.9 Å². The maximum atomic E-state index is 14.3. The van der Waals surface area contributed by atoms with E-state index in [1.807, 2.05) is 56.4 Å². The van der Waals surface area contributed by atoms with Gasteiger partial charge in [-0.3, -0.25) is 9.59 Å². The molecule has 9 heteroatoms. The first-order valence-electron chi connectivity index (χ1n) is 15.7. The number of amides is 4. The van der Waals surface area contributed by atoms with Gasteiger partial charge in [0.15, 0.2) is 0 Å². The summed E-state index contributed by atoms with van der Waals surface area (Å²) in [6.45, 7) is 4.89. The van der Waals surface area contributed by atoms with Crippen LogP contribution >= 0.6 is 0 Å². The molecule has 1 aromatic heterocycles. The maximum absolute atomic E-state index is 14.3. The summed E-state index contributed by atoms with van der Waals surface area (Å²) in [4.78, 5) is 47.7. The normalized spacial score (nSPS) is 22.5. The first-order chi connectivity index (χ1) is 20.8. The lowest BCUT2D eigenvalue weighted by Crippen LogP contribution is -2.57. The number of urea groups is 1. The van der Waals surface area contributed by atoms with Crippen LogP contribution in [-0.2, 0) is 15.0 Å². The predicted molar refractivity (Wildman–Crippen MR) is 168 cm³/mol. The lowest BCUT2D eigenvalue weighted by Gasteiger charge is -2.42. The molecule has 0 bridgehead atoms. The molecule has 6 rings (SSSR count). The number of nitrogens with one attached hydrogen (secondary N) is 4. The fourth-order valence-electron chi connectivity index (χ4n) is 7.65. The van der Waals surface area contributed by atoms with Gasteiger partial charge in [-0.25, -0.2) is 4.79 Å². The summed E-state index contributed by atoms with van der Waals surface area (Å²) < 4.78 is 0.